The van der Waals surface area contributed by atoms with Crippen LogP contribution in [0.15, 0.2) is 212 Å². The van der Waals surface area contributed by atoms with Gasteiger partial charge in [-0.15, -0.1) is 0 Å². The Bertz CT molecular complexity index is 2560. The molecule has 0 atom stereocenters. The van der Waals surface area contributed by atoms with Crippen LogP contribution in [0.4, 0.5) is 0 Å². The molecule has 9 rings (SSSR count). The molecule has 0 bridgehead atoms. The van der Waals surface area contributed by atoms with Crippen LogP contribution >= 0.6 is 0 Å². The number of benzene rings is 8. The van der Waals surface area contributed by atoms with Gasteiger partial charge in [0, 0.05) is 16.7 Å². The molecule has 0 aliphatic carbocycles. The second kappa shape index (κ2) is 14.8. The van der Waals surface area contributed by atoms with Gasteiger partial charge in [-0.25, -0.2) is 15.0 Å². The Balaban J connectivity index is 1.20. The molecule has 9 aromatic rings. The van der Waals surface area contributed by atoms with Crippen molar-refractivity contribution >= 4 is 0 Å². The molecule has 0 aliphatic rings. The largest absolute Gasteiger partial charge is 0.208 e. The first-order chi connectivity index (χ1) is 26.7. The minimum absolute atomic E-state index is 0.626. The fraction of sp³-hybridized carbons (Fsp3) is 0. The molecule has 0 amide bonds. The van der Waals surface area contributed by atoms with Crippen LogP contribution in [-0.4, -0.2) is 15.0 Å². The molecule has 3 nitrogen and oxygen atoms in total. The van der Waals surface area contributed by atoms with Crippen LogP contribution in [0.3, 0.4) is 0 Å². The fourth-order valence-corrected chi connectivity index (χ4v) is 6.93. The summed E-state index contributed by atoms with van der Waals surface area (Å²) in [5, 5.41) is 0. The highest BCUT2D eigenvalue weighted by Gasteiger charge is 2.16. The first kappa shape index (κ1) is 32.7. The zero-order chi connectivity index (χ0) is 36.1. The minimum Gasteiger partial charge on any atom is -0.208 e. The molecule has 0 N–H and O–H groups in total. The summed E-state index contributed by atoms with van der Waals surface area (Å²) in [6.45, 7) is 0. The number of hydrogen-bond acceptors (Lipinski definition) is 3. The molecule has 54 heavy (non-hydrogen) atoms. The Morgan fingerprint density at radius 1 is 0.167 bits per heavy atom. The van der Waals surface area contributed by atoms with E-state index in [-0.39, 0.29) is 0 Å². The first-order valence-electron chi connectivity index (χ1n) is 18.2. The zero-order valence-corrected chi connectivity index (χ0v) is 29.5. The lowest BCUT2D eigenvalue weighted by Gasteiger charge is -2.14. The Labute approximate surface area is 316 Å². The molecule has 8 aromatic carbocycles. The highest BCUT2D eigenvalue weighted by atomic mass is 15.0. The van der Waals surface area contributed by atoms with E-state index in [1.807, 2.05) is 60.7 Å². The summed E-state index contributed by atoms with van der Waals surface area (Å²) in [6.07, 6.45) is 0. The third kappa shape index (κ3) is 6.99. The van der Waals surface area contributed by atoms with Gasteiger partial charge in [0.15, 0.2) is 17.5 Å². The third-order valence-corrected chi connectivity index (χ3v) is 9.67. The van der Waals surface area contributed by atoms with Gasteiger partial charge in [-0.05, 0) is 98.1 Å². The van der Waals surface area contributed by atoms with Gasteiger partial charge in [0.05, 0.1) is 0 Å². The van der Waals surface area contributed by atoms with Crippen molar-refractivity contribution in [3.05, 3.63) is 212 Å². The van der Waals surface area contributed by atoms with Crippen LogP contribution in [0.25, 0.3) is 89.8 Å². The molecule has 1 aromatic heterocycles. The molecular formula is C51H35N3. The van der Waals surface area contributed by atoms with Gasteiger partial charge in [0.1, 0.15) is 0 Å². The van der Waals surface area contributed by atoms with Crippen molar-refractivity contribution in [2.45, 2.75) is 0 Å². The highest BCUT2D eigenvalue weighted by Crippen LogP contribution is 2.37. The molecule has 0 aliphatic heterocycles. The van der Waals surface area contributed by atoms with Crippen molar-refractivity contribution in [3.8, 4) is 89.8 Å². The number of hydrogen-bond donors (Lipinski definition) is 0. The SMILES string of the molecule is c1ccc(-c2cc(-c3ccccc3)cc(-c3cccc(-c4cc(-c5ccccc5)cc(-c5nc(-c6ccccc6)nc(-c6ccccc6)n5)c4)c3)c2)cc1. The second-order valence-corrected chi connectivity index (χ2v) is 13.3. The van der Waals surface area contributed by atoms with E-state index in [0.717, 1.165) is 50.1 Å². The van der Waals surface area contributed by atoms with Gasteiger partial charge in [-0.3, -0.25) is 0 Å². The van der Waals surface area contributed by atoms with Gasteiger partial charge in [-0.2, -0.15) is 0 Å². The molecule has 1 heterocycles. The fourth-order valence-electron chi connectivity index (χ4n) is 6.93. The molecule has 0 fully saturated rings. The van der Waals surface area contributed by atoms with E-state index in [1.165, 1.54) is 22.3 Å². The van der Waals surface area contributed by atoms with Crippen molar-refractivity contribution in [1.29, 1.82) is 0 Å². The highest BCUT2D eigenvalue weighted by molar-refractivity contribution is 5.85. The van der Waals surface area contributed by atoms with E-state index < -0.39 is 0 Å². The maximum absolute atomic E-state index is 5.09. The molecule has 0 saturated heterocycles. The van der Waals surface area contributed by atoms with Gasteiger partial charge >= 0.3 is 0 Å². The van der Waals surface area contributed by atoms with Gasteiger partial charge in [0.25, 0.3) is 0 Å². The molecule has 0 spiro atoms. The summed E-state index contributed by atoms with van der Waals surface area (Å²) in [7, 11) is 0. The number of nitrogens with zero attached hydrogens (tertiary/aromatic N) is 3. The van der Waals surface area contributed by atoms with Gasteiger partial charge in [0.2, 0.25) is 0 Å². The topological polar surface area (TPSA) is 38.7 Å². The minimum atomic E-state index is 0.626. The normalized spacial score (nSPS) is 11.0. The van der Waals surface area contributed by atoms with E-state index in [9.17, 15) is 0 Å². The van der Waals surface area contributed by atoms with E-state index in [2.05, 4.69) is 152 Å². The van der Waals surface area contributed by atoms with E-state index in [1.54, 1.807) is 0 Å². The van der Waals surface area contributed by atoms with Crippen LogP contribution in [0.5, 0.6) is 0 Å². The Kier molecular flexibility index (Phi) is 8.94. The van der Waals surface area contributed by atoms with E-state index in [0.29, 0.717) is 17.5 Å². The Morgan fingerprint density at radius 3 is 0.722 bits per heavy atom. The summed E-state index contributed by atoms with van der Waals surface area (Å²) >= 11 is 0. The average molecular weight is 690 g/mol. The average Bonchev–Trinajstić information content (AvgIpc) is 3.27. The number of rotatable bonds is 8. The smallest absolute Gasteiger partial charge is 0.164 e. The molecule has 0 saturated carbocycles. The predicted octanol–water partition coefficient (Wildman–Crippen LogP) is 13.2. The molecule has 3 heteroatoms. The molecule has 0 unspecified atom stereocenters. The number of aromatic nitrogens is 3. The maximum atomic E-state index is 5.09. The zero-order valence-electron chi connectivity index (χ0n) is 29.5. The molecule has 0 radical (unpaired) electrons. The lowest BCUT2D eigenvalue weighted by molar-refractivity contribution is 1.07. The van der Waals surface area contributed by atoms with Crippen LogP contribution in [0.2, 0.25) is 0 Å². The summed E-state index contributed by atoms with van der Waals surface area (Å²) < 4.78 is 0. The van der Waals surface area contributed by atoms with Crippen molar-refractivity contribution < 1.29 is 0 Å². The lowest BCUT2D eigenvalue weighted by Crippen LogP contribution is -2.00. The van der Waals surface area contributed by atoms with E-state index in [4.69, 9.17) is 15.0 Å². The molecular weight excluding hydrogens is 655 g/mol. The second-order valence-electron chi connectivity index (χ2n) is 13.3. The van der Waals surface area contributed by atoms with Crippen LogP contribution < -0.4 is 0 Å². The third-order valence-electron chi connectivity index (χ3n) is 9.67. The monoisotopic (exact) mass is 689 g/mol. The predicted molar refractivity (Wildman–Crippen MR) is 223 cm³/mol. The maximum Gasteiger partial charge on any atom is 0.164 e. The summed E-state index contributed by atoms with van der Waals surface area (Å²) in [4.78, 5) is 15.1. The summed E-state index contributed by atoms with van der Waals surface area (Å²) in [6, 6.07) is 74.4. The Hall–Kier alpha value is -7.23. The van der Waals surface area contributed by atoms with Crippen molar-refractivity contribution in [2.75, 3.05) is 0 Å². The van der Waals surface area contributed by atoms with Crippen LogP contribution in [-0.2, 0) is 0 Å². The molecule has 254 valence electrons. The van der Waals surface area contributed by atoms with Crippen molar-refractivity contribution in [2.24, 2.45) is 0 Å². The summed E-state index contributed by atoms with van der Waals surface area (Å²) in [5.41, 5.74) is 14.3. The lowest BCUT2D eigenvalue weighted by atomic mass is 9.91. The van der Waals surface area contributed by atoms with Crippen LogP contribution in [0.1, 0.15) is 0 Å². The van der Waals surface area contributed by atoms with Crippen molar-refractivity contribution in [3.63, 3.8) is 0 Å². The standard InChI is InChI=1S/C51H35N3/c1-6-17-36(18-7-1)43-30-44(37-19-8-2-9-20-37)32-46(31-43)41-27-16-28-42(29-41)47-33-45(38-21-10-3-11-22-38)34-48(35-47)51-53-49(39-23-12-4-13-24-39)52-50(54-51)40-25-14-5-15-26-40/h1-35H. The van der Waals surface area contributed by atoms with Crippen LogP contribution in [0, 0.1) is 0 Å². The van der Waals surface area contributed by atoms with Crippen molar-refractivity contribution in [1.82, 2.24) is 15.0 Å². The van der Waals surface area contributed by atoms with Gasteiger partial charge in [-0.1, -0.05) is 170 Å². The van der Waals surface area contributed by atoms with E-state index >= 15 is 0 Å². The summed E-state index contributed by atoms with van der Waals surface area (Å²) in [5.74, 6) is 1.90. The Morgan fingerprint density at radius 2 is 0.389 bits per heavy atom. The van der Waals surface area contributed by atoms with Gasteiger partial charge < -0.3 is 0 Å². The quantitative estimate of drug-likeness (QED) is 0.159. The first-order valence-corrected chi connectivity index (χ1v) is 18.2.